The summed E-state index contributed by atoms with van der Waals surface area (Å²) in [6.07, 6.45) is 11.9. The average molecular weight is 476 g/mol. The molecule has 0 bridgehead atoms. The quantitative estimate of drug-likeness (QED) is 0.483. The summed E-state index contributed by atoms with van der Waals surface area (Å²) >= 11 is 0. The number of ether oxygens (including phenoxy) is 1. The van der Waals surface area contributed by atoms with Crippen LogP contribution in [0, 0.1) is 18.3 Å². The SMILES string of the molecule is C#CC1=Nc2c(nc(NC(C)c3ccc(S(N)(=O)=O)cc3)nc2OC2CC3=C(C)C3C2)C=CC1. The van der Waals surface area contributed by atoms with Gasteiger partial charge in [0.25, 0.3) is 0 Å². The second-order valence-corrected chi connectivity index (χ2v) is 10.4. The zero-order valence-corrected chi connectivity index (χ0v) is 19.8. The number of nitrogens with two attached hydrogens (primary N) is 1. The van der Waals surface area contributed by atoms with E-state index in [0.29, 0.717) is 41.3 Å². The Morgan fingerprint density at radius 1 is 1.26 bits per heavy atom. The number of nitrogens with zero attached hydrogens (tertiary/aromatic N) is 3. The molecule has 2 heterocycles. The Balaban J connectivity index is 1.44. The number of sulfonamides is 1. The van der Waals surface area contributed by atoms with Gasteiger partial charge in [-0.15, -0.1) is 6.42 Å². The highest BCUT2D eigenvalue weighted by Gasteiger charge is 2.43. The van der Waals surface area contributed by atoms with Gasteiger partial charge >= 0.3 is 0 Å². The molecule has 8 nitrogen and oxygen atoms in total. The number of aliphatic imine (C=N–C) groups is 1. The summed E-state index contributed by atoms with van der Waals surface area (Å²) in [7, 11) is -3.75. The number of allylic oxidation sites excluding steroid dienone is 2. The predicted molar refractivity (Wildman–Crippen MR) is 131 cm³/mol. The Bertz CT molecular complexity index is 1400. The maximum absolute atomic E-state index is 11.5. The van der Waals surface area contributed by atoms with Gasteiger partial charge in [0, 0.05) is 18.8 Å². The van der Waals surface area contributed by atoms with Gasteiger partial charge in [0.05, 0.1) is 22.3 Å². The highest BCUT2D eigenvalue weighted by molar-refractivity contribution is 7.89. The number of nitrogens with one attached hydrogen (secondary N) is 1. The monoisotopic (exact) mass is 475 g/mol. The van der Waals surface area contributed by atoms with Gasteiger partial charge in [-0.25, -0.2) is 23.5 Å². The fraction of sp³-hybridized carbons (Fsp3) is 0.320. The number of rotatable bonds is 6. The first-order valence-corrected chi connectivity index (χ1v) is 12.7. The van der Waals surface area contributed by atoms with Crippen LogP contribution in [0.4, 0.5) is 11.6 Å². The number of hydrogen-bond donors (Lipinski definition) is 2. The zero-order valence-electron chi connectivity index (χ0n) is 18.9. The van der Waals surface area contributed by atoms with Gasteiger partial charge in [0.15, 0.2) is 5.69 Å². The van der Waals surface area contributed by atoms with Crippen LogP contribution in [0.3, 0.4) is 0 Å². The molecular weight excluding hydrogens is 450 g/mol. The first-order chi connectivity index (χ1) is 16.2. The standard InChI is InChI=1S/C25H25N5O3S/c1-4-17-6-5-7-22-23(28-17)24(33-18-12-20-14(2)21(20)13-18)30-25(29-22)27-15(3)16-8-10-19(11-9-16)34(26,31)32/h1,5,7-11,15,18,20H,6,12-13H2,2-3H3,(H2,26,31,32)(H,27,29,30). The highest BCUT2D eigenvalue weighted by atomic mass is 32.2. The van der Waals surface area contributed by atoms with Crippen molar-refractivity contribution < 1.29 is 13.2 Å². The first-order valence-electron chi connectivity index (χ1n) is 11.1. The van der Waals surface area contributed by atoms with Crippen molar-refractivity contribution in [3.63, 3.8) is 0 Å². The minimum Gasteiger partial charge on any atom is -0.472 e. The molecule has 3 unspecified atom stereocenters. The molecule has 2 aliphatic carbocycles. The molecule has 0 saturated heterocycles. The molecule has 9 heteroatoms. The summed E-state index contributed by atoms with van der Waals surface area (Å²) in [4.78, 5) is 14.0. The summed E-state index contributed by atoms with van der Waals surface area (Å²) in [5, 5.41) is 8.48. The fourth-order valence-electron chi connectivity index (χ4n) is 4.52. The third-order valence-corrected chi connectivity index (χ3v) is 7.45. The molecule has 1 fully saturated rings. The second kappa shape index (κ2) is 8.38. The van der Waals surface area contributed by atoms with E-state index < -0.39 is 10.0 Å². The van der Waals surface area contributed by atoms with E-state index in [-0.39, 0.29) is 17.0 Å². The zero-order chi connectivity index (χ0) is 24.0. The normalized spacial score (nSPS) is 21.6. The van der Waals surface area contributed by atoms with Crippen LogP contribution in [0.15, 0.2) is 51.4 Å². The molecular formula is C25H25N5O3S. The largest absolute Gasteiger partial charge is 0.472 e. The lowest BCUT2D eigenvalue weighted by molar-refractivity contribution is 0.198. The van der Waals surface area contributed by atoms with Crippen molar-refractivity contribution in [2.75, 3.05) is 5.32 Å². The maximum Gasteiger partial charge on any atom is 0.245 e. The van der Waals surface area contributed by atoms with Crippen molar-refractivity contribution in [2.24, 2.45) is 16.0 Å². The number of aromatic nitrogens is 2. The second-order valence-electron chi connectivity index (χ2n) is 8.82. The molecule has 2 aromatic rings. The van der Waals surface area contributed by atoms with E-state index in [1.165, 1.54) is 23.3 Å². The number of anilines is 1. The van der Waals surface area contributed by atoms with Crippen LogP contribution in [-0.2, 0) is 10.0 Å². The molecule has 0 amide bonds. The molecule has 1 aliphatic heterocycles. The Labute approximate surface area is 199 Å². The summed E-state index contributed by atoms with van der Waals surface area (Å²) < 4.78 is 29.4. The van der Waals surface area contributed by atoms with Gasteiger partial charge in [0.2, 0.25) is 21.9 Å². The molecule has 3 N–H and O–H groups in total. The molecule has 34 heavy (non-hydrogen) atoms. The van der Waals surface area contributed by atoms with Crippen LogP contribution in [0.5, 0.6) is 5.88 Å². The summed E-state index contributed by atoms with van der Waals surface area (Å²) in [6.45, 7) is 4.12. The lowest BCUT2D eigenvalue weighted by atomic mass is 10.1. The van der Waals surface area contributed by atoms with Gasteiger partial charge in [-0.2, -0.15) is 4.98 Å². The van der Waals surface area contributed by atoms with E-state index >= 15 is 0 Å². The molecule has 0 spiro atoms. The lowest BCUT2D eigenvalue weighted by Gasteiger charge is -2.19. The van der Waals surface area contributed by atoms with E-state index in [4.69, 9.17) is 16.3 Å². The number of benzene rings is 1. The Morgan fingerprint density at radius 2 is 2.03 bits per heavy atom. The first kappa shape index (κ1) is 22.3. The molecule has 5 rings (SSSR count). The van der Waals surface area contributed by atoms with E-state index in [9.17, 15) is 8.42 Å². The molecule has 1 aromatic heterocycles. The molecule has 3 atom stereocenters. The minimum atomic E-state index is -3.75. The number of fused-ring (bicyclic) bond motifs is 2. The Kier molecular flexibility index (Phi) is 5.50. The third kappa shape index (κ3) is 4.34. The molecule has 1 saturated carbocycles. The van der Waals surface area contributed by atoms with E-state index in [1.807, 2.05) is 19.1 Å². The average Bonchev–Trinajstić information content (AvgIpc) is 3.26. The minimum absolute atomic E-state index is 0.0513. The van der Waals surface area contributed by atoms with E-state index in [0.717, 1.165) is 18.4 Å². The van der Waals surface area contributed by atoms with Crippen molar-refractivity contribution in [3.8, 4) is 18.2 Å². The predicted octanol–water partition coefficient (Wildman–Crippen LogP) is 3.91. The van der Waals surface area contributed by atoms with Gasteiger partial charge in [-0.05, 0) is 44.0 Å². The van der Waals surface area contributed by atoms with E-state index in [2.05, 4.69) is 33.1 Å². The van der Waals surface area contributed by atoms with Crippen molar-refractivity contribution in [1.29, 1.82) is 0 Å². The topological polar surface area (TPSA) is 120 Å². The molecule has 174 valence electrons. The van der Waals surface area contributed by atoms with Crippen molar-refractivity contribution in [2.45, 2.75) is 50.2 Å². The van der Waals surface area contributed by atoms with Crippen molar-refractivity contribution in [1.82, 2.24) is 9.97 Å². The highest BCUT2D eigenvalue weighted by Crippen LogP contribution is 2.52. The maximum atomic E-state index is 11.5. The van der Waals surface area contributed by atoms with Crippen LogP contribution < -0.4 is 15.2 Å². The third-order valence-electron chi connectivity index (χ3n) is 6.52. The Hall–Kier alpha value is -3.48. The molecule has 3 aliphatic rings. The number of terminal acetylenes is 1. The van der Waals surface area contributed by atoms with Crippen molar-refractivity contribution in [3.05, 3.63) is 52.7 Å². The lowest BCUT2D eigenvalue weighted by Crippen LogP contribution is -2.16. The van der Waals surface area contributed by atoms with Crippen LogP contribution in [0.25, 0.3) is 6.08 Å². The van der Waals surface area contributed by atoms with Gasteiger partial charge < -0.3 is 10.1 Å². The van der Waals surface area contributed by atoms with Gasteiger partial charge in [0.1, 0.15) is 6.10 Å². The van der Waals surface area contributed by atoms with E-state index in [1.54, 1.807) is 12.1 Å². The summed E-state index contributed by atoms with van der Waals surface area (Å²) in [5.74, 6) is 4.00. The molecule has 0 radical (unpaired) electrons. The van der Waals surface area contributed by atoms with Crippen LogP contribution in [0.2, 0.25) is 0 Å². The number of hydrogen-bond acceptors (Lipinski definition) is 7. The van der Waals surface area contributed by atoms with Crippen LogP contribution in [0.1, 0.15) is 50.4 Å². The Morgan fingerprint density at radius 3 is 2.68 bits per heavy atom. The summed E-state index contributed by atoms with van der Waals surface area (Å²) in [6, 6.07) is 6.18. The van der Waals surface area contributed by atoms with Gasteiger partial charge in [-0.1, -0.05) is 35.3 Å². The molecule has 1 aromatic carbocycles. The fourth-order valence-corrected chi connectivity index (χ4v) is 5.03. The number of primary sulfonamides is 1. The van der Waals surface area contributed by atoms with Gasteiger partial charge in [-0.3, -0.25) is 0 Å². The summed E-state index contributed by atoms with van der Waals surface area (Å²) in [5.41, 5.74) is 5.61. The smallest absolute Gasteiger partial charge is 0.245 e. The van der Waals surface area contributed by atoms with Crippen LogP contribution >= 0.6 is 0 Å². The van der Waals surface area contributed by atoms with Crippen LogP contribution in [-0.4, -0.2) is 30.2 Å². The van der Waals surface area contributed by atoms with Crippen molar-refractivity contribution >= 4 is 33.4 Å².